The number of phenolic OH excluding ortho intramolecular Hbond substituents is 1. The lowest BCUT2D eigenvalue weighted by Crippen LogP contribution is -2.26. The predicted molar refractivity (Wildman–Crippen MR) is 130 cm³/mol. The molecule has 1 atom stereocenters. The van der Waals surface area contributed by atoms with Gasteiger partial charge in [-0.25, -0.2) is 0 Å². The van der Waals surface area contributed by atoms with Crippen molar-refractivity contribution in [2.24, 2.45) is 10.4 Å². The Morgan fingerprint density at radius 2 is 1.71 bits per heavy atom. The number of anilines is 3. The Hall–Kier alpha value is -3.13. The number of nitrogens with zero attached hydrogens (tertiary/aromatic N) is 4. The molecule has 3 aromatic rings. The van der Waals surface area contributed by atoms with E-state index in [9.17, 15) is 5.11 Å². The summed E-state index contributed by atoms with van der Waals surface area (Å²) >= 11 is 1.12. The van der Waals surface area contributed by atoms with Gasteiger partial charge < -0.3 is 20.6 Å². The van der Waals surface area contributed by atoms with Gasteiger partial charge in [0.1, 0.15) is 11.6 Å². The average Bonchev–Trinajstić information content (AvgIpc) is 3.15. The third kappa shape index (κ3) is 5.14. The average molecular weight is 439 g/mol. The van der Waals surface area contributed by atoms with Crippen LogP contribution in [0.2, 0.25) is 0 Å². The van der Waals surface area contributed by atoms with Crippen molar-refractivity contribution < 1.29 is 5.11 Å². The van der Waals surface area contributed by atoms with Crippen LogP contribution in [0.1, 0.15) is 37.9 Å². The number of aromatic hydroxyl groups is 1. The van der Waals surface area contributed by atoms with Crippen molar-refractivity contribution in [3.05, 3.63) is 59.7 Å². The number of aromatic nitrogens is 2. The van der Waals surface area contributed by atoms with Crippen molar-refractivity contribution in [3.8, 4) is 5.75 Å². The number of benzene rings is 2. The molecule has 0 spiro atoms. The molecule has 3 N–H and O–H groups in total. The van der Waals surface area contributed by atoms with Crippen molar-refractivity contribution in [2.45, 2.75) is 26.8 Å². The summed E-state index contributed by atoms with van der Waals surface area (Å²) in [4.78, 5) is 6.16. The third-order valence-corrected chi connectivity index (χ3v) is 5.46. The molecule has 0 radical (unpaired) electrons. The highest BCUT2D eigenvalue weighted by Gasteiger charge is 2.28. The summed E-state index contributed by atoms with van der Waals surface area (Å²) in [5.74, 6) is 2.03. The van der Waals surface area contributed by atoms with E-state index < -0.39 is 0 Å². The number of para-hydroxylation sites is 1. The summed E-state index contributed by atoms with van der Waals surface area (Å²) in [6, 6.07) is 15.9. The van der Waals surface area contributed by atoms with Gasteiger partial charge in [0.2, 0.25) is 0 Å². The molecule has 3 rings (SSSR count). The predicted octanol–water partition coefficient (Wildman–Crippen LogP) is 5.12. The number of amidine groups is 1. The number of rotatable bonds is 6. The van der Waals surface area contributed by atoms with Crippen LogP contribution in [-0.2, 0) is 0 Å². The summed E-state index contributed by atoms with van der Waals surface area (Å²) in [6.07, 6.45) is 0. The minimum atomic E-state index is -0.0531. The molecule has 7 nitrogen and oxygen atoms in total. The number of hydrogen-bond acceptors (Lipinski definition) is 7. The van der Waals surface area contributed by atoms with Gasteiger partial charge in [-0.1, -0.05) is 57.2 Å². The fourth-order valence-electron chi connectivity index (χ4n) is 3.46. The zero-order valence-corrected chi connectivity index (χ0v) is 19.7. The maximum atomic E-state index is 10.9. The fraction of sp³-hybridized carbons (Fsp3) is 0.348. The Kier molecular flexibility index (Phi) is 6.80. The van der Waals surface area contributed by atoms with Crippen LogP contribution in [0.15, 0.2) is 53.5 Å². The molecule has 0 fully saturated rings. The summed E-state index contributed by atoms with van der Waals surface area (Å²) in [7, 11) is 5.49. The summed E-state index contributed by atoms with van der Waals surface area (Å²) < 4.78 is 8.88. The van der Waals surface area contributed by atoms with E-state index in [0.29, 0.717) is 28.7 Å². The van der Waals surface area contributed by atoms with Crippen molar-refractivity contribution in [1.29, 1.82) is 0 Å². The lowest BCUT2D eigenvalue weighted by molar-refractivity contribution is 0.347. The third-order valence-electron chi connectivity index (χ3n) is 4.93. The van der Waals surface area contributed by atoms with Crippen LogP contribution in [-0.4, -0.2) is 45.7 Å². The molecule has 0 bridgehead atoms. The fourth-order valence-corrected chi connectivity index (χ4v) is 3.94. The number of hydrogen-bond donors (Lipinski definition) is 3. The van der Waals surface area contributed by atoms with E-state index in [2.05, 4.69) is 57.3 Å². The second kappa shape index (κ2) is 9.34. The quantitative estimate of drug-likeness (QED) is 0.281. The van der Waals surface area contributed by atoms with Gasteiger partial charge in [0, 0.05) is 21.1 Å². The molecule has 0 aliphatic heterocycles. The van der Waals surface area contributed by atoms with Crippen molar-refractivity contribution in [1.82, 2.24) is 13.6 Å². The molecule has 0 saturated heterocycles. The molecule has 1 aromatic heterocycles. The van der Waals surface area contributed by atoms with E-state index in [1.54, 1.807) is 7.05 Å². The normalized spacial score (nSPS) is 13.0. The first-order chi connectivity index (χ1) is 14.7. The highest BCUT2D eigenvalue weighted by molar-refractivity contribution is 6.99. The SMILES string of the molecule is CN=C(c1cccc(Nc2nsnc2N[C@@H](c2ccccc2)C(C)(C)C)c1O)N(C)C. The number of phenols is 1. The summed E-state index contributed by atoms with van der Waals surface area (Å²) in [5.41, 5.74) is 2.31. The van der Waals surface area contributed by atoms with Gasteiger partial charge in [0.05, 0.1) is 29.0 Å². The van der Waals surface area contributed by atoms with Crippen LogP contribution < -0.4 is 10.6 Å². The molecule has 0 aliphatic carbocycles. The van der Waals surface area contributed by atoms with E-state index in [-0.39, 0.29) is 17.2 Å². The molecule has 0 amide bonds. The lowest BCUT2D eigenvalue weighted by Gasteiger charge is -2.32. The van der Waals surface area contributed by atoms with Gasteiger partial charge in [-0.05, 0) is 23.1 Å². The van der Waals surface area contributed by atoms with E-state index in [0.717, 1.165) is 11.7 Å². The van der Waals surface area contributed by atoms with E-state index in [4.69, 9.17) is 0 Å². The molecule has 0 unspecified atom stereocenters. The van der Waals surface area contributed by atoms with Gasteiger partial charge in [0.25, 0.3) is 0 Å². The van der Waals surface area contributed by atoms with Gasteiger partial charge in [0.15, 0.2) is 11.6 Å². The molecule has 0 aliphatic rings. The highest BCUT2D eigenvalue weighted by Crippen LogP contribution is 2.38. The van der Waals surface area contributed by atoms with Crippen molar-refractivity contribution >= 4 is 34.9 Å². The van der Waals surface area contributed by atoms with Crippen molar-refractivity contribution in [2.75, 3.05) is 31.8 Å². The van der Waals surface area contributed by atoms with Crippen LogP contribution in [0.25, 0.3) is 0 Å². The number of aliphatic imine (C=N–C) groups is 1. The molecular weight excluding hydrogens is 408 g/mol. The Bertz CT molecular complexity index is 1040. The molecule has 31 heavy (non-hydrogen) atoms. The Labute approximate surface area is 188 Å². The molecule has 8 heteroatoms. The molecule has 2 aromatic carbocycles. The standard InChI is InChI=1S/C23H30N6OS/c1-23(2,3)19(15-11-8-7-9-12-15)26-21-20(27-31-28-21)25-17-14-10-13-16(18(17)30)22(24-4)29(5)6/h7-14,19,30H,1-6H3,(H,25,27)(H,26,28)/t19-/m0/s1. The minimum absolute atomic E-state index is 0.0330. The first kappa shape index (κ1) is 22.6. The molecule has 1 heterocycles. The van der Waals surface area contributed by atoms with Crippen LogP contribution in [0, 0.1) is 5.41 Å². The summed E-state index contributed by atoms with van der Waals surface area (Å²) in [6.45, 7) is 6.56. The van der Waals surface area contributed by atoms with Crippen LogP contribution in [0.3, 0.4) is 0 Å². The highest BCUT2D eigenvalue weighted by atomic mass is 32.1. The zero-order chi connectivity index (χ0) is 22.6. The van der Waals surface area contributed by atoms with Crippen LogP contribution in [0.4, 0.5) is 17.3 Å². The van der Waals surface area contributed by atoms with E-state index in [1.807, 2.05) is 55.4 Å². The Morgan fingerprint density at radius 1 is 1.03 bits per heavy atom. The second-order valence-corrected chi connectivity index (χ2v) is 9.11. The lowest BCUT2D eigenvalue weighted by atomic mass is 9.82. The Morgan fingerprint density at radius 3 is 2.32 bits per heavy atom. The minimum Gasteiger partial charge on any atom is -0.505 e. The first-order valence-corrected chi connectivity index (χ1v) is 10.8. The van der Waals surface area contributed by atoms with Gasteiger partial charge >= 0.3 is 0 Å². The molecular formula is C23H30N6OS. The maximum Gasteiger partial charge on any atom is 0.188 e. The zero-order valence-electron chi connectivity index (χ0n) is 18.8. The molecule has 164 valence electrons. The summed E-state index contributed by atoms with van der Waals surface area (Å²) in [5, 5.41) is 17.7. The molecule has 0 saturated carbocycles. The second-order valence-electron chi connectivity index (χ2n) is 8.58. The monoisotopic (exact) mass is 438 g/mol. The van der Waals surface area contributed by atoms with Gasteiger partial charge in [-0.3, -0.25) is 4.99 Å². The number of nitrogens with one attached hydrogen (secondary N) is 2. The van der Waals surface area contributed by atoms with Crippen LogP contribution >= 0.6 is 11.7 Å². The van der Waals surface area contributed by atoms with Gasteiger partial charge in [-0.2, -0.15) is 8.75 Å². The van der Waals surface area contributed by atoms with Crippen LogP contribution in [0.5, 0.6) is 5.75 Å². The van der Waals surface area contributed by atoms with Crippen molar-refractivity contribution in [3.63, 3.8) is 0 Å². The first-order valence-electron chi connectivity index (χ1n) is 10.1. The maximum absolute atomic E-state index is 10.9. The van der Waals surface area contributed by atoms with E-state index in [1.165, 1.54) is 5.56 Å². The topological polar surface area (TPSA) is 85.7 Å². The smallest absolute Gasteiger partial charge is 0.188 e. The van der Waals surface area contributed by atoms with E-state index >= 15 is 0 Å². The largest absolute Gasteiger partial charge is 0.505 e. The Balaban J connectivity index is 1.91. The van der Waals surface area contributed by atoms with Gasteiger partial charge in [-0.15, -0.1) is 0 Å².